The maximum atomic E-state index is 12.3. The Hall–Kier alpha value is -3.15. The van der Waals surface area contributed by atoms with E-state index < -0.39 is 0 Å². The van der Waals surface area contributed by atoms with Gasteiger partial charge >= 0.3 is 0 Å². The fraction of sp³-hybridized carbons (Fsp3) is 0.0625. The van der Waals surface area contributed by atoms with Gasteiger partial charge < -0.3 is 10.7 Å². The molecule has 0 fully saturated rings. The Morgan fingerprint density at radius 2 is 1.68 bits per heavy atom. The number of anilines is 1. The lowest BCUT2D eigenvalue weighted by Crippen LogP contribution is -2.29. The van der Waals surface area contributed by atoms with E-state index in [1.165, 1.54) is 4.90 Å². The Labute approximate surface area is 125 Å². The van der Waals surface area contributed by atoms with Crippen LogP contribution in [0.15, 0.2) is 42.5 Å². The van der Waals surface area contributed by atoms with Crippen molar-refractivity contribution >= 4 is 28.5 Å². The molecule has 0 atom stereocenters. The first-order valence-corrected chi connectivity index (χ1v) is 6.83. The first-order valence-electron chi connectivity index (χ1n) is 6.83. The summed E-state index contributed by atoms with van der Waals surface area (Å²) in [5, 5.41) is 0. The molecule has 2 aromatic carbocycles. The van der Waals surface area contributed by atoms with Crippen molar-refractivity contribution in [2.75, 3.05) is 5.73 Å². The Balaban J connectivity index is 1.70. The van der Waals surface area contributed by atoms with Crippen LogP contribution in [0.25, 0.3) is 11.0 Å². The molecule has 108 valence electrons. The van der Waals surface area contributed by atoms with E-state index in [1.54, 1.807) is 30.3 Å². The lowest BCUT2D eigenvalue weighted by Gasteiger charge is -2.11. The van der Waals surface area contributed by atoms with E-state index in [9.17, 15) is 9.59 Å². The zero-order valence-corrected chi connectivity index (χ0v) is 11.5. The van der Waals surface area contributed by atoms with Gasteiger partial charge in [-0.3, -0.25) is 14.5 Å². The molecule has 1 aliphatic rings. The van der Waals surface area contributed by atoms with Gasteiger partial charge in [0.1, 0.15) is 11.3 Å². The van der Waals surface area contributed by atoms with E-state index in [2.05, 4.69) is 9.97 Å². The number of H-pyrrole nitrogens is 1. The van der Waals surface area contributed by atoms with Crippen LogP contribution in [-0.4, -0.2) is 26.7 Å². The van der Waals surface area contributed by atoms with Crippen molar-refractivity contribution in [1.82, 2.24) is 14.9 Å². The van der Waals surface area contributed by atoms with Crippen LogP contribution < -0.4 is 5.73 Å². The summed E-state index contributed by atoms with van der Waals surface area (Å²) in [7, 11) is 0. The summed E-state index contributed by atoms with van der Waals surface area (Å²) in [6.07, 6.45) is 0. The maximum Gasteiger partial charge on any atom is 0.261 e. The maximum absolute atomic E-state index is 12.3. The number of benzene rings is 2. The van der Waals surface area contributed by atoms with Gasteiger partial charge in [-0.05, 0) is 24.3 Å². The molecule has 2 amide bonds. The number of rotatable bonds is 2. The van der Waals surface area contributed by atoms with E-state index in [4.69, 9.17) is 5.73 Å². The monoisotopic (exact) mass is 292 g/mol. The van der Waals surface area contributed by atoms with Crippen LogP contribution in [0.5, 0.6) is 0 Å². The second kappa shape index (κ2) is 4.42. The Morgan fingerprint density at radius 3 is 2.32 bits per heavy atom. The highest BCUT2D eigenvalue weighted by Gasteiger charge is 2.35. The third-order valence-electron chi connectivity index (χ3n) is 3.78. The number of imidazole rings is 1. The molecule has 4 rings (SSSR count). The lowest BCUT2D eigenvalue weighted by molar-refractivity contribution is 0.0638. The molecule has 0 bridgehead atoms. The number of nitrogen functional groups attached to an aromatic ring is 1. The molecular formula is C16H12N4O2. The topological polar surface area (TPSA) is 92.1 Å². The van der Waals surface area contributed by atoms with Crippen molar-refractivity contribution in [2.45, 2.75) is 6.54 Å². The molecule has 0 spiro atoms. The van der Waals surface area contributed by atoms with Crippen LogP contribution in [0.1, 0.15) is 26.5 Å². The van der Waals surface area contributed by atoms with Gasteiger partial charge in [-0.25, -0.2) is 4.98 Å². The molecule has 2 heterocycles. The van der Waals surface area contributed by atoms with Gasteiger partial charge in [-0.2, -0.15) is 0 Å². The lowest BCUT2D eigenvalue weighted by atomic mass is 10.1. The second-order valence-electron chi connectivity index (χ2n) is 5.17. The van der Waals surface area contributed by atoms with Gasteiger partial charge in [0.15, 0.2) is 0 Å². The van der Waals surface area contributed by atoms with Crippen LogP contribution in [0, 0.1) is 0 Å². The van der Waals surface area contributed by atoms with Gasteiger partial charge in [-0.1, -0.05) is 18.2 Å². The number of para-hydroxylation sites is 1. The average Bonchev–Trinajstić information content (AvgIpc) is 3.04. The van der Waals surface area contributed by atoms with Crippen molar-refractivity contribution in [2.24, 2.45) is 0 Å². The first kappa shape index (κ1) is 12.6. The largest absolute Gasteiger partial charge is 0.397 e. The highest BCUT2D eigenvalue weighted by Crippen LogP contribution is 2.25. The van der Waals surface area contributed by atoms with E-state index in [0.29, 0.717) is 28.2 Å². The Morgan fingerprint density at radius 1 is 1.00 bits per heavy atom. The molecule has 3 aromatic rings. The van der Waals surface area contributed by atoms with Crippen molar-refractivity contribution in [1.29, 1.82) is 0 Å². The first-order chi connectivity index (χ1) is 10.6. The Bertz CT molecular complexity index is 894. The Kier molecular flexibility index (Phi) is 2.53. The number of aromatic amines is 1. The summed E-state index contributed by atoms with van der Waals surface area (Å²) in [6.45, 7) is 0.0977. The summed E-state index contributed by atoms with van der Waals surface area (Å²) in [5.41, 5.74) is 8.73. The van der Waals surface area contributed by atoms with Crippen LogP contribution in [-0.2, 0) is 6.54 Å². The minimum absolute atomic E-state index is 0.0977. The van der Waals surface area contributed by atoms with E-state index in [1.807, 2.05) is 12.1 Å². The number of aromatic nitrogens is 2. The van der Waals surface area contributed by atoms with Crippen molar-refractivity contribution in [3.05, 3.63) is 59.4 Å². The number of nitrogens with one attached hydrogen (secondary N) is 1. The molecule has 0 saturated heterocycles. The van der Waals surface area contributed by atoms with Crippen molar-refractivity contribution < 1.29 is 9.59 Å². The number of carbonyl (C=O) groups excluding carboxylic acids is 2. The number of hydrogen-bond donors (Lipinski definition) is 2. The van der Waals surface area contributed by atoms with E-state index in [0.717, 1.165) is 5.52 Å². The minimum Gasteiger partial charge on any atom is -0.397 e. The second-order valence-corrected chi connectivity index (χ2v) is 5.17. The highest BCUT2D eigenvalue weighted by atomic mass is 16.2. The van der Waals surface area contributed by atoms with E-state index >= 15 is 0 Å². The summed E-state index contributed by atoms with van der Waals surface area (Å²) < 4.78 is 0. The van der Waals surface area contributed by atoms with Crippen LogP contribution in [0.2, 0.25) is 0 Å². The molecule has 0 saturated carbocycles. The number of amides is 2. The van der Waals surface area contributed by atoms with Gasteiger partial charge in [0, 0.05) is 0 Å². The number of nitrogens with zero attached hydrogens (tertiary/aromatic N) is 2. The van der Waals surface area contributed by atoms with Crippen molar-refractivity contribution in [3.8, 4) is 0 Å². The normalized spacial score (nSPS) is 13.9. The fourth-order valence-corrected chi connectivity index (χ4v) is 2.71. The quantitative estimate of drug-likeness (QED) is 0.557. The number of imide groups is 1. The number of carbonyl (C=O) groups is 2. The molecule has 0 radical (unpaired) electrons. The predicted octanol–water partition coefficient (Wildman–Crippen LogP) is 1.94. The summed E-state index contributed by atoms with van der Waals surface area (Å²) in [4.78, 5) is 33.3. The van der Waals surface area contributed by atoms with Gasteiger partial charge in [0.05, 0.1) is 28.9 Å². The SMILES string of the molecule is Nc1cccc2[nH]c(CN3C(=O)c4ccccc4C3=O)nc12. The average molecular weight is 292 g/mol. The molecule has 6 heteroatoms. The summed E-state index contributed by atoms with van der Waals surface area (Å²) >= 11 is 0. The van der Waals surface area contributed by atoms with Gasteiger partial charge in [0.25, 0.3) is 11.8 Å². The number of nitrogens with two attached hydrogens (primary N) is 1. The van der Waals surface area contributed by atoms with Crippen molar-refractivity contribution in [3.63, 3.8) is 0 Å². The van der Waals surface area contributed by atoms with Crippen LogP contribution in [0.4, 0.5) is 5.69 Å². The number of fused-ring (bicyclic) bond motifs is 2. The third kappa shape index (κ3) is 1.70. The summed E-state index contributed by atoms with van der Waals surface area (Å²) in [6, 6.07) is 12.2. The number of hydrogen-bond acceptors (Lipinski definition) is 4. The standard InChI is InChI=1S/C16H12N4O2/c17-11-6-3-7-12-14(11)19-13(18-12)8-20-15(21)9-4-1-2-5-10(9)16(20)22/h1-7H,8,17H2,(H,18,19). The fourth-order valence-electron chi connectivity index (χ4n) is 2.71. The minimum atomic E-state index is -0.297. The zero-order chi connectivity index (χ0) is 15.3. The van der Waals surface area contributed by atoms with Crippen LogP contribution in [0.3, 0.4) is 0 Å². The predicted molar refractivity (Wildman–Crippen MR) is 81.2 cm³/mol. The third-order valence-corrected chi connectivity index (χ3v) is 3.78. The smallest absolute Gasteiger partial charge is 0.261 e. The zero-order valence-electron chi connectivity index (χ0n) is 11.5. The molecule has 6 nitrogen and oxygen atoms in total. The molecule has 1 aliphatic heterocycles. The molecule has 0 unspecified atom stereocenters. The molecule has 22 heavy (non-hydrogen) atoms. The van der Waals surface area contributed by atoms with E-state index in [-0.39, 0.29) is 18.4 Å². The van der Waals surface area contributed by atoms with Gasteiger partial charge in [-0.15, -0.1) is 0 Å². The summed E-state index contributed by atoms with van der Waals surface area (Å²) in [5.74, 6) is -0.0644. The highest BCUT2D eigenvalue weighted by molar-refractivity contribution is 6.21. The van der Waals surface area contributed by atoms with Crippen LogP contribution >= 0.6 is 0 Å². The molecule has 1 aromatic heterocycles. The molecule has 3 N–H and O–H groups in total. The molecule has 0 aliphatic carbocycles. The van der Waals surface area contributed by atoms with Gasteiger partial charge in [0.2, 0.25) is 0 Å². The molecular weight excluding hydrogens is 280 g/mol.